The second kappa shape index (κ2) is 5.47. The van der Waals surface area contributed by atoms with E-state index < -0.39 is 0 Å². The number of anilines is 1. The molecule has 0 bridgehead atoms. The molecule has 2 rings (SSSR count). The molecule has 1 atom stereocenters. The van der Waals surface area contributed by atoms with Crippen molar-refractivity contribution >= 4 is 5.69 Å². The molecule has 1 aliphatic heterocycles. The van der Waals surface area contributed by atoms with E-state index in [1.54, 1.807) is 19.2 Å². The predicted molar refractivity (Wildman–Crippen MR) is 64.6 cm³/mol. The average Bonchev–Trinajstić information content (AvgIpc) is 2.38. The molecule has 1 saturated heterocycles. The van der Waals surface area contributed by atoms with Crippen LogP contribution in [0.2, 0.25) is 0 Å². The van der Waals surface area contributed by atoms with Crippen molar-refractivity contribution in [2.24, 2.45) is 0 Å². The van der Waals surface area contributed by atoms with Gasteiger partial charge in [-0.05, 0) is 30.5 Å². The zero-order valence-corrected chi connectivity index (χ0v) is 10.0. The molecule has 0 saturated carbocycles. The zero-order valence-electron chi connectivity index (χ0n) is 10.0. The molecule has 94 valence electrons. The van der Waals surface area contributed by atoms with Crippen LogP contribution >= 0.6 is 0 Å². The summed E-state index contributed by atoms with van der Waals surface area (Å²) in [4.78, 5) is 2.01. The molecule has 1 unspecified atom stereocenters. The van der Waals surface area contributed by atoms with Gasteiger partial charge in [0.15, 0.2) is 0 Å². The van der Waals surface area contributed by atoms with Gasteiger partial charge in [-0.15, -0.1) is 0 Å². The number of halogens is 1. The number of hydrogen-bond acceptors (Lipinski definition) is 3. The van der Waals surface area contributed by atoms with E-state index in [-0.39, 0.29) is 18.5 Å². The molecule has 0 radical (unpaired) electrons. The molecule has 0 spiro atoms. The quantitative estimate of drug-likeness (QED) is 0.875. The highest BCUT2D eigenvalue weighted by atomic mass is 19.1. The van der Waals surface area contributed by atoms with E-state index >= 15 is 0 Å². The summed E-state index contributed by atoms with van der Waals surface area (Å²) >= 11 is 0. The lowest BCUT2D eigenvalue weighted by molar-refractivity contribution is 0.0891. The molecule has 3 nitrogen and oxygen atoms in total. The summed E-state index contributed by atoms with van der Waals surface area (Å²) in [6.45, 7) is 1.46. The van der Waals surface area contributed by atoms with Gasteiger partial charge in [0.25, 0.3) is 0 Å². The van der Waals surface area contributed by atoms with Crippen LogP contribution in [0.5, 0.6) is 0 Å². The van der Waals surface area contributed by atoms with Gasteiger partial charge in [0, 0.05) is 20.2 Å². The predicted octanol–water partition coefficient (Wildman–Crippen LogP) is 1.93. The van der Waals surface area contributed by atoms with Gasteiger partial charge in [-0.2, -0.15) is 0 Å². The van der Waals surface area contributed by atoms with Crippen LogP contribution < -0.4 is 4.90 Å². The molecule has 17 heavy (non-hydrogen) atoms. The van der Waals surface area contributed by atoms with E-state index in [1.807, 2.05) is 4.90 Å². The zero-order chi connectivity index (χ0) is 12.3. The summed E-state index contributed by atoms with van der Waals surface area (Å²) in [6, 6.07) is 4.89. The molecular weight excluding hydrogens is 221 g/mol. The second-order valence-corrected chi connectivity index (χ2v) is 4.39. The standard InChI is InChI=1S/C13H18FNO2/c1-17-11-3-2-6-15(8-11)13-5-4-10(9-16)7-12(13)14/h4-5,7,11,16H,2-3,6,8-9H2,1H3. The Labute approximate surface area is 101 Å². The fourth-order valence-electron chi connectivity index (χ4n) is 2.25. The SMILES string of the molecule is COC1CCCN(c2ccc(CO)cc2F)C1. The van der Waals surface area contributed by atoms with Crippen molar-refractivity contribution in [2.75, 3.05) is 25.1 Å². The maximum Gasteiger partial charge on any atom is 0.146 e. The molecule has 1 heterocycles. The Balaban J connectivity index is 2.16. The number of hydrogen-bond donors (Lipinski definition) is 1. The van der Waals surface area contributed by atoms with Gasteiger partial charge in [0.05, 0.1) is 18.4 Å². The van der Waals surface area contributed by atoms with E-state index in [1.165, 1.54) is 6.07 Å². The van der Waals surface area contributed by atoms with Gasteiger partial charge in [-0.1, -0.05) is 6.07 Å². The largest absolute Gasteiger partial charge is 0.392 e. The average molecular weight is 239 g/mol. The molecule has 4 heteroatoms. The summed E-state index contributed by atoms with van der Waals surface area (Å²) < 4.78 is 19.2. The number of benzene rings is 1. The molecule has 1 aromatic rings. The van der Waals surface area contributed by atoms with Gasteiger partial charge in [-0.3, -0.25) is 0 Å². The van der Waals surface area contributed by atoms with Gasteiger partial charge < -0.3 is 14.7 Å². The number of rotatable bonds is 3. The number of ether oxygens (including phenoxy) is 1. The van der Waals surface area contributed by atoms with Crippen molar-refractivity contribution in [1.82, 2.24) is 0 Å². The number of nitrogens with zero attached hydrogens (tertiary/aromatic N) is 1. The Hall–Kier alpha value is -1.13. The lowest BCUT2D eigenvalue weighted by Gasteiger charge is -2.33. The minimum absolute atomic E-state index is 0.127. The summed E-state index contributed by atoms with van der Waals surface area (Å²) in [5, 5.41) is 8.94. The maximum atomic E-state index is 13.9. The van der Waals surface area contributed by atoms with E-state index in [4.69, 9.17) is 9.84 Å². The second-order valence-electron chi connectivity index (χ2n) is 4.39. The lowest BCUT2D eigenvalue weighted by atomic mass is 10.1. The van der Waals surface area contributed by atoms with Crippen molar-refractivity contribution in [3.63, 3.8) is 0 Å². The molecule has 0 aliphatic carbocycles. The lowest BCUT2D eigenvalue weighted by Crippen LogP contribution is -2.39. The number of methoxy groups -OCH3 is 1. The molecule has 1 N–H and O–H groups in total. The normalized spacial score (nSPS) is 20.6. The summed E-state index contributed by atoms with van der Waals surface area (Å²) in [6.07, 6.45) is 2.23. The van der Waals surface area contributed by atoms with Crippen molar-refractivity contribution < 1.29 is 14.2 Å². The minimum atomic E-state index is -0.270. The van der Waals surface area contributed by atoms with Crippen LogP contribution in [0, 0.1) is 5.82 Å². The number of aliphatic hydroxyl groups excluding tert-OH is 1. The highest BCUT2D eigenvalue weighted by Crippen LogP contribution is 2.24. The highest BCUT2D eigenvalue weighted by molar-refractivity contribution is 5.49. The first-order valence-corrected chi connectivity index (χ1v) is 5.91. The monoisotopic (exact) mass is 239 g/mol. The van der Waals surface area contributed by atoms with Crippen molar-refractivity contribution in [3.05, 3.63) is 29.6 Å². The third-order valence-corrected chi connectivity index (χ3v) is 3.25. The Morgan fingerprint density at radius 3 is 3.00 bits per heavy atom. The summed E-state index contributed by atoms with van der Waals surface area (Å²) in [5.74, 6) is -0.270. The third kappa shape index (κ3) is 2.76. The van der Waals surface area contributed by atoms with Gasteiger partial charge >= 0.3 is 0 Å². The molecular formula is C13H18FNO2. The van der Waals surface area contributed by atoms with Crippen LogP contribution in [0.4, 0.5) is 10.1 Å². The van der Waals surface area contributed by atoms with Crippen LogP contribution in [-0.4, -0.2) is 31.4 Å². The number of piperidine rings is 1. The Morgan fingerprint density at radius 1 is 1.53 bits per heavy atom. The van der Waals surface area contributed by atoms with Crippen LogP contribution in [0.15, 0.2) is 18.2 Å². The Morgan fingerprint density at radius 2 is 2.35 bits per heavy atom. The molecule has 0 amide bonds. The van der Waals surface area contributed by atoms with Crippen LogP contribution in [0.1, 0.15) is 18.4 Å². The Bertz CT molecular complexity index is 384. The fraction of sp³-hybridized carbons (Fsp3) is 0.538. The van der Waals surface area contributed by atoms with Gasteiger partial charge in [0.1, 0.15) is 5.82 Å². The third-order valence-electron chi connectivity index (χ3n) is 3.25. The Kier molecular flexibility index (Phi) is 3.97. The van der Waals surface area contributed by atoms with E-state index in [9.17, 15) is 4.39 Å². The minimum Gasteiger partial charge on any atom is -0.392 e. The van der Waals surface area contributed by atoms with Crippen molar-refractivity contribution in [1.29, 1.82) is 0 Å². The molecule has 1 aliphatic rings. The first kappa shape index (κ1) is 12.3. The van der Waals surface area contributed by atoms with Crippen molar-refractivity contribution in [3.8, 4) is 0 Å². The van der Waals surface area contributed by atoms with Gasteiger partial charge in [0.2, 0.25) is 0 Å². The van der Waals surface area contributed by atoms with E-state index in [0.29, 0.717) is 11.3 Å². The fourth-order valence-corrected chi connectivity index (χ4v) is 2.25. The summed E-state index contributed by atoms with van der Waals surface area (Å²) in [7, 11) is 1.69. The van der Waals surface area contributed by atoms with Crippen LogP contribution in [0.25, 0.3) is 0 Å². The first-order chi connectivity index (χ1) is 8.24. The van der Waals surface area contributed by atoms with E-state index in [0.717, 1.165) is 25.9 Å². The topological polar surface area (TPSA) is 32.7 Å². The van der Waals surface area contributed by atoms with Crippen LogP contribution in [-0.2, 0) is 11.3 Å². The first-order valence-electron chi connectivity index (χ1n) is 5.91. The molecule has 1 fully saturated rings. The van der Waals surface area contributed by atoms with Crippen molar-refractivity contribution in [2.45, 2.75) is 25.6 Å². The van der Waals surface area contributed by atoms with Gasteiger partial charge in [-0.25, -0.2) is 4.39 Å². The smallest absolute Gasteiger partial charge is 0.146 e. The molecule has 0 aromatic heterocycles. The van der Waals surface area contributed by atoms with Crippen LogP contribution in [0.3, 0.4) is 0 Å². The molecule has 1 aromatic carbocycles. The number of aliphatic hydroxyl groups is 1. The maximum absolute atomic E-state index is 13.9. The summed E-state index contributed by atoms with van der Waals surface area (Å²) in [5.41, 5.74) is 1.20. The highest BCUT2D eigenvalue weighted by Gasteiger charge is 2.21. The van der Waals surface area contributed by atoms with E-state index in [2.05, 4.69) is 0 Å².